The number of fused-ring (bicyclic) bond motifs is 5. The predicted octanol–water partition coefficient (Wildman–Crippen LogP) is 5.37. The Balaban J connectivity index is 1.28. The average Bonchev–Trinajstić information content (AvgIpc) is 3.71. The monoisotopic (exact) mass is 597 g/mol. The van der Waals surface area contributed by atoms with E-state index in [1.54, 1.807) is 6.07 Å². The third kappa shape index (κ3) is 4.07. The molecular weight excluding hydrogens is 568 g/mol. The van der Waals surface area contributed by atoms with Crippen LogP contribution in [0.1, 0.15) is 38.5 Å². The molecule has 4 aliphatic rings. The maximum atomic E-state index is 16.7. The van der Waals surface area contributed by atoms with Crippen molar-refractivity contribution in [2.75, 3.05) is 43.4 Å². The Morgan fingerprint density at radius 3 is 2.78 bits per heavy atom. The Kier molecular flexibility index (Phi) is 6.04. The van der Waals surface area contributed by atoms with E-state index in [4.69, 9.17) is 27.1 Å². The van der Waals surface area contributed by atoms with Crippen molar-refractivity contribution < 1.29 is 13.5 Å². The van der Waals surface area contributed by atoms with E-state index in [0.29, 0.717) is 35.5 Å². The van der Waals surface area contributed by atoms with E-state index in [1.165, 1.54) is 12.1 Å². The fraction of sp³-hybridized carbons (Fsp3) is 0.483. The molecule has 3 N–H and O–H groups in total. The number of rotatable bonds is 5. The van der Waals surface area contributed by atoms with Crippen LogP contribution in [0, 0.1) is 11.6 Å². The first-order valence-electron chi connectivity index (χ1n) is 14.3. The molecule has 0 spiro atoms. The van der Waals surface area contributed by atoms with Gasteiger partial charge in [-0.2, -0.15) is 9.97 Å². The van der Waals surface area contributed by atoms with Gasteiger partial charge in [-0.1, -0.05) is 22.9 Å². The van der Waals surface area contributed by atoms with E-state index in [0.717, 1.165) is 76.0 Å². The average molecular weight is 598 g/mol. The van der Waals surface area contributed by atoms with E-state index in [9.17, 15) is 4.39 Å². The Labute approximate surface area is 244 Å². The van der Waals surface area contributed by atoms with E-state index in [1.807, 2.05) is 0 Å². The molecule has 214 valence electrons. The zero-order chi connectivity index (χ0) is 27.9. The van der Waals surface area contributed by atoms with Crippen molar-refractivity contribution in [3.05, 3.63) is 34.9 Å². The van der Waals surface area contributed by atoms with Crippen LogP contribution in [0.4, 0.5) is 19.7 Å². The van der Waals surface area contributed by atoms with Gasteiger partial charge in [-0.25, -0.2) is 13.8 Å². The van der Waals surface area contributed by atoms with Gasteiger partial charge in [-0.05, 0) is 76.4 Å². The summed E-state index contributed by atoms with van der Waals surface area (Å²) >= 11 is 7.84. The van der Waals surface area contributed by atoms with Gasteiger partial charge in [0.1, 0.15) is 23.8 Å². The predicted molar refractivity (Wildman–Crippen MR) is 158 cm³/mol. The Morgan fingerprint density at radius 1 is 1.15 bits per heavy atom. The normalized spacial score (nSPS) is 23.6. The molecule has 41 heavy (non-hydrogen) atoms. The highest BCUT2D eigenvalue weighted by atomic mass is 35.5. The van der Waals surface area contributed by atoms with Crippen molar-refractivity contribution in [2.45, 2.75) is 56.1 Å². The molecule has 0 saturated carbocycles. The van der Waals surface area contributed by atoms with Gasteiger partial charge >= 0.3 is 6.01 Å². The van der Waals surface area contributed by atoms with Crippen LogP contribution in [0.3, 0.4) is 0 Å². The second-order valence-electron chi connectivity index (χ2n) is 11.8. The number of piperidine rings is 1. The molecule has 2 atom stereocenters. The number of halogens is 3. The summed E-state index contributed by atoms with van der Waals surface area (Å²) in [6, 6.07) is 5.33. The molecule has 0 aliphatic carbocycles. The lowest BCUT2D eigenvalue weighted by Crippen LogP contribution is -2.43. The summed E-state index contributed by atoms with van der Waals surface area (Å²) < 4.78 is 37.9. The third-order valence-electron chi connectivity index (χ3n) is 9.50. The first-order chi connectivity index (χ1) is 19.9. The van der Waals surface area contributed by atoms with Crippen LogP contribution in [0.15, 0.2) is 18.2 Å². The number of aromatic nitrogens is 3. The molecule has 0 radical (unpaired) electrons. The van der Waals surface area contributed by atoms with Crippen LogP contribution in [0.25, 0.3) is 32.2 Å². The molecule has 2 aromatic carbocycles. The highest BCUT2D eigenvalue weighted by Gasteiger charge is 2.45. The van der Waals surface area contributed by atoms with Crippen LogP contribution in [0.5, 0.6) is 6.01 Å². The van der Waals surface area contributed by atoms with E-state index in [2.05, 4.69) is 25.1 Å². The van der Waals surface area contributed by atoms with Gasteiger partial charge in [0, 0.05) is 35.1 Å². The van der Waals surface area contributed by atoms with Gasteiger partial charge in [0.05, 0.1) is 20.8 Å². The molecule has 8 rings (SSSR count). The molecule has 0 amide bonds. The molecular formula is C29H30ClF2N7OS. The number of nitrogens with zero attached hydrogens (tertiary/aromatic N) is 5. The standard InChI is InChI=1S/C29H30ClF2N7OS/c30-19-12-18-23(22(32)21(19)17-3-4-20(31)25-24(17)35-27(33)41-25)36-28(40-14-29-6-1-9-38(29)10-2-7-29)37-26(18)39-13-15-11-16(39)5-8-34-15/h3-4,12,15-16,34H,1-2,5-11,13-14H2,(H2,33,35). The van der Waals surface area contributed by atoms with E-state index in [-0.39, 0.29) is 43.0 Å². The lowest BCUT2D eigenvalue weighted by atomic mass is 9.95. The number of hydrogen-bond donors (Lipinski definition) is 2. The largest absolute Gasteiger partial charge is 0.461 e. The molecule has 4 aliphatic heterocycles. The molecule has 4 fully saturated rings. The molecule has 4 aromatic rings. The maximum Gasteiger partial charge on any atom is 0.319 e. The topological polar surface area (TPSA) is 92.4 Å². The van der Waals surface area contributed by atoms with Gasteiger partial charge in [-0.3, -0.25) is 4.90 Å². The Morgan fingerprint density at radius 2 is 1.98 bits per heavy atom. The molecule has 12 heteroatoms. The highest BCUT2D eigenvalue weighted by molar-refractivity contribution is 7.22. The number of anilines is 2. The fourth-order valence-corrected chi connectivity index (χ4v) is 8.65. The van der Waals surface area contributed by atoms with Gasteiger partial charge in [0.2, 0.25) is 0 Å². The number of thiazole rings is 1. The minimum atomic E-state index is -0.609. The number of ether oxygens (including phenoxy) is 1. The molecule has 2 aromatic heterocycles. The molecule has 2 unspecified atom stereocenters. The summed E-state index contributed by atoms with van der Waals surface area (Å²) in [5.41, 5.74) is 6.80. The van der Waals surface area contributed by atoms with Crippen LogP contribution in [-0.2, 0) is 0 Å². The van der Waals surface area contributed by atoms with Crippen molar-refractivity contribution in [3.63, 3.8) is 0 Å². The minimum absolute atomic E-state index is 0.000557. The van der Waals surface area contributed by atoms with E-state index < -0.39 is 11.6 Å². The number of nitrogens with two attached hydrogens (primary N) is 1. The second kappa shape index (κ2) is 9.58. The summed E-state index contributed by atoms with van der Waals surface area (Å²) in [6.07, 6.45) is 6.46. The molecule has 6 heterocycles. The Bertz CT molecular complexity index is 1690. The minimum Gasteiger partial charge on any atom is -0.461 e. The van der Waals surface area contributed by atoms with Gasteiger partial charge in [-0.15, -0.1) is 0 Å². The van der Waals surface area contributed by atoms with Crippen LogP contribution >= 0.6 is 22.9 Å². The third-order valence-corrected chi connectivity index (χ3v) is 10.7. The smallest absolute Gasteiger partial charge is 0.319 e. The number of hydrogen-bond acceptors (Lipinski definition) is 9. The summed E-state index contributed by atoms with van der Waals surface area (Å²) in [6.45, 7) is 4.35. The summed E-state index contributed by atoms with van der Waals surface area (Å²) in [7, 11) is 0. The van der Waals surface area contributed by atoms with Crippen molar-refractivity contribution in [2.24, 2.45) is 0 Å². The quantitative estimate of drug-likeness (QED) is 0.317. The highest BCUT2D eigenvalue weighted by Crippen LogP contribution is 2.44. The van der Waals surface area contributed by atoms with Gasteiger partial charge in [0.25, 0.3) is 0 Å². The maximum absolute atomic E-state index is 16.7. The fourth-order valence-electron chi connectivity index (χ4n) is 7.60. The van der Waals surface area contributed by atoms with Gasteiger partial charge in [0.15, 0.2) is 10.9 Å². The zero-order valence-corrected chi connectivity index (χ0v) is 24.0. The van der Waals surface area contributed by atoms with Crippen molar-refractivity contribution >= 4 is 55.0 Å². The number of benzene rings is 2. The van der Waals surface area contributed by atoms with Crippen LogP contribution in [-0.4, -0.2) is 70.3 Å². The Hall–Kier alpha value is -2.86. The molecule has 2 bridgehead atoms. The van der Waals surface area contributed by atoms with Gasteiger partial charge < -0.3 is 20.7 Å². The summed E-state index contributed by atoms with van der Waals surface area (Å²) in [5.74, 6) is -0.429. The van der Waals surface area contributed by atoms with Crippen molar-refractivity contribution in [1.29, 1.82) is 0 Å². The summed E-state index contributed by atoms with van der Waals surface area (Å²) in [5, 5.41) is 4.48. The number of nitrogen functional groups attached to an aromatic ring is 1. The lowest BCUT2D eigenvalue weighted by molar-refractivity contribution is 0.108. The number of nitrogens with one attached hydrogen (secondary N) is 1. The molecule has 4 saturated heterocycles. The second-order valence-corrected chi connectivity index (χ2v) is 13.2. The van der Waals surface area contributed by atoms with E-state index >= 15 is 4.39 Å². The van der Waals surface area contributed by atoms with Crippen LogP contribution in [0.2, 0.25) is 5.02 Å². The van der Waals surface area contributed by atoms with Crippen molar-refractivity contribution in [3.8, 4) is 17.1 Å². The zero-order valence-electron chi connectivity index (χ0n) is 22.4. The lowest BCUT2D eigenvalue weighted by Gasteiger charge is -2.31. The first kappa shape index (κ1) is 25.8. The summed E-state index contributed by atoms with van der Waals surface area (Å²) in [4.78, 5) is 18.6. The SMILES string of the molecule is Nc1nc2c(-c3c(Cl)cc4c(N5CC6CC5CCN6)nc(OCC56CCCN5CCC6)nc4c3F)ccc(F)c2s1. The van der Waals surface area contributed by atoms with Crippen molar-refractivity contribution in [1.82, 2.24) is 25.2 Å². The molecule has 8 nitrogen and oxygen atoms in total. The first-order valence-corrected chi connectivity index (χ1v) is 15.5. The van der Waals surface area contributed by atoms with Crippen LogP contribution < -0.4 is 20.7 Å².